The van der Waals surface area contributed by atoms with Crippen LogP contribution in [0.5, 0.6) is 0 Å². The van der Waals surface area contributed by atoms with E-state index in [1.165, 1.54) is 11.8 Å². The average Bonchev–Trinajstić information content (AvgIpc) is 3.04. The molecule has 3 heterocycles. The zero-order chi connectivity index (χ0) is 22.3. The highest BCUT2D eigenvalue weighted by Crippen LogP contribution is 2.36. The fourth-order valence-corrected chi connectivity index (χ4v) is 4.43. The monoisotopic (exact) mass is 460 g/mol. The van der Waals surface area contributed by atoms with Crippen molar-refractivity contribution in [2.75, 3.05) is 13.1 Å². The van der Waals surface area contributed by atoms with Crippen LogP contribution in [0.4, 0.5) is 4.79 Å². The quantitative estimate of drug-likeness (QED) is 0.436. The van der Waals surface area contributed by atoms with E-state index >= 15 is 0 Å². The molecule has 0 atom stereocenters. The number of aryl methyl sites for hydroxylation is 1. The van der Waals surface area contributed by atoms with Gasteiger partial charge in [0.1, 0.15) is 5.60 Å². The van der Waals surface area contributed by atoms with E-state index in [-0.39, 0.29) is 11.4 Å². The first-order valence-corrected chi connectivity index (χ1v) is 11.1. The van der Waals surface area contributed by atoms with Crippen molar-refractivity contribution < 1.29 is 9.53 Å². The number of piperidine rings is 1. The summed E-state index contributed by atoms with van der Waals surface area (Å²) in [7, 11) is 2.01. The van der Waals surface area contributed by atoms with Gasteiger partial charge in [-0.05, 0) is 62.8 Å². The number of hydrogen-bond donors (Lipinski definition) is 0. The lowest BCUT2D eigenvalue weighted by molar-refractivity contribution is 0.0205. The molecule has 2 aromatic heterocycles. The Morgan fingerprint density at radius 2 is 1.90 bits per heavy atom. The van der Waals surface area contributed by atoms with E-state index in [4.69, 9.17) is 27.9 Å². The highest BCUT2D eigenvalue weighted by Gasteiger charge is 2.28. The smallest absolute Gasteiger partial charge is 0.410 e. The van der Waals surface area contributed by atoms with Crippen molar-refractivity contribution in [3.8, 4) is 11.3 Å². The molecule has 4 rings (SSSR count). The minimum atomic E-state index is -0.472. The highest BCUT2D eigenvalue weighted by molar-refractivity contribution is 6.34. The van der Waals surface area contributed by atoms with Crippen molar-refractivity contribution in [2.45, 2.75) is 45.1 Å². The van der Waals surface area contributed by atoms with E-state index in [2.05, 4.69) is 32.7 Å². The molecule has 0 bridgehead atoms. The molecule has 1 aliphatic rings. The van der Waals surface area contributed by atoms with Crippen molar-refractivity contribution >= 4 is 40.2 Å². The lowest BCUT2D eigenvalue weighted by Crippen LogP contribution is -2.41. The van der Waals surface area contributed by atoms with Gasteiger partial charge in [-0.1, -0.05) is 23.7 Å². The number of carbonyl (C=O) groups is 1. The summed E-state index contributed by atoms with van der Waals surface area (Å²) in [5, 5.41) is 1.70. The normalized spacial score (nSPS) is 15.5. The standard InChI is InChI=1S/C23H26Cl2N4O2/c1-23(2,3)31-22(30)29-9-7-14(8-10-29)15-5-6-16-17(13-28(4)19(16)11-15)20-18(24)12-26-21(25)27-20/h5-6,11-14H,7-10H2,1-4H3. The van der Waals surface area contributed by atoms with E-state index in [9.17, 15) is 4.79 Å². The molecular weight excluding hydrogens is 435 g/mol. The van der Waals surface area contributed by atoms with Crippen LogP contribution >= 0.6 is 23.2 Å². The van der Waals surface area contributed by atoms with Crippen LogP contribution in [0.25, 0.3) is 22.2 Å². The molecule has 0 saturated carbocycles. The maximum atomic E-state index is 12.3. The second-order valence-electron chi connectivity index (χ2n) is 9.01. The van der Waals surface area contributed by atoms with E-state index in [1.807, 2.05) is 38.9 Å². The summed E-state index contributed by atoms with van der Waals surface area (Å²) in [4.78, 5) is 22.4. The van der Waals surface area contributed by atoms with Gasteiger partial charge in [0.15, 0.2) is 0 Å². The Hall–Kier alpha value is -2.31. The van der Waals surface area contributed by atoms with Crippen LogP contribution in [-0.2, 0) is 11.8 Å². The molecule has 0 radical (unpaired) electrons. The van der Waals surface area contributed by atoms with Crippen molar-refractivity contribution in [1.29, 1.82) is 0 Å². The number of fused-ring (bicyclic) bond motifs is 1. The number of amides is 1. The van der Waals surface area contributed by atoms with E-state index < -0.39 is 5.60 Å². The largest absolute Gasteiger partial charge is 0.444 e. The number of benzene rings is 1. The molecule has 3 aromatic rings. The Morgan fingerprint density at radius 1 is 1.19 bits per heavy atom. The zero-order valence-electron chi connectivity index (χ0n) is 18.2. The summed E-state index contributed by atoms with van der Waals surface area (Å²) in [6, 6.07) is 6.51. The Kier molecular flexibility index (Phi) is 5.88. The maximum absolute atomic E-state index is 12.3. The number of ether oxygens (including phenoxy) is 1. The van der Waals surface area contributed by atoms with Crippen LogP contribution in [-0.4, -0.2) is 44.2 Å². The SMILES string of the molecule is Cn1cc(-c2nc(Cl)ncc2Cl)c2ccc(C3CCN(C(=O)OC(C)(C)C)CC3)cc21. The number of rotatable bonds is 2. The maximum Gasteiger partial charge on any atom is 0.410 e. The van der Waals surface area contributed by atoms with Crippen LogP contribution in [0.1, 0.15) is 45.1 Å². The van der Waals surface area contributed by atoms with Gasteiger partial charge in [0.25, 0.3) is 0 Å². The van der Waals surface area contributed by atoms with Gasteiger partial charge in [-0.25, -0.2) is 14.8 Å². The Morgan fingerprint density at radius 3 is 2.58 bits per heavy atom. The molecule has 6 nitrogen and oxygen atoms in total. The van der Waals surface area contributed by atoms with Crippen LogP contribution in [0, 0.1) is 0 Å². The first kappa shape index (κ1) is 21.9. The minimum absolute atomic E-state index is 0.171. The first-order chi connectivity index (χ1) is 14.6. The van der Waals surface area contributed by atoms with Gasteiger partial charge in [-0.3, -0.25) is 0 Å². The lowest BCUT2D eigenvalue weighted by atomic mass is 9.89. The van der Waals surface area contributed by atoms with Crippen LogP contribution in [0.3, 0.4) is 0 Å². The first-order valence-electron chi connectivity index (χ1n) is 10.4. The third-order valence-corrected chi connectivity index (χ3v) is 6.06. The van der Waals surface area contributed by atoms with Crippen LogP contribution in [0.2, 0.25) is 10.3 Å². The lowest BCUT2D eigenvalue weighted by Gasteiger charge is -2.33. The van der Waals surface area contributed by atoms with Gasteiger partial charge >= 0.3 is 6.09 Å². The van der Waals surface area contributed by atoms with Gasteiger partial charge in [0, 0.05) is 42.8 Å². The average molecular weight is 461 g/mol. The summed E-state index contributed by atoms with van der Waals surface area (Å²) in [5.74, 6) is 0.401. The van der Waals surface area contributed by atoms with Gasteiger partial charge in [-0.15, -0.1) is 0 Å². The van der Waals surface area contributed by atoms with Crippen molar-refractivity contribution in [3.63, 3.8) is 0 Å². The highest BCUT2D eigenvalue weighted by atomic mass is 35.5. The molecule has 0 spiro atoms. The summed E-state index contributed by atoms with van der Waals surface area (Å²) in [5.41, 5.74) is 3.47. The summed E-state index contributed by atoms with van der Waals surface area (Å²) >= 11 is 12.3. The van der Waals surface area contributed by atoms with Crippen molar-refractivity contribution in [1.82, 2.24) is 19.4 Å². The second-order valence-corrected chi connectivity index (χ2v) is 9.75. The molecule has 1 aromatic carbocycles. The molecule has 0 N–H and O–H groups in total. The predicted octanol–water partition coefficient (Wildman–Crippen LogP) is 6.06. The van der Waals surface area contributed by atoms with Crippen molar-refractivity contribution in [3.05, 3.63) is 46.5 Å². The van der Waals surface area contributed by atoms with Crippen LogP contribution in [0.15, 0.2) is 30.6 Å². The number of aromatic nitrogens is 3. The molecule has 1 saturated heterocycles. The van der Waals surface area contributed by atoms with E-state index in [1.54, 1.807) is 0 Å². The molecule has 164 valence electrons. The molecular formula is C23H26Cl2N4O2. The molecule has 0 aliphatic carbocycles. The summed E-state index contributed by atoms with van der Waals surface area (Å²) < 4.78 is 7.59. The van der Waals surface area contributed by atoms with Gasteiger partial charge in [0.2, 0.25) is 5.28 Å². The Balaban J connectivity index is 1.55. The molecule has 8 heteroatoms. The third-order valence-electron chi connectivity index (χ3n) is 5.60. The van der Waals surface area contributed by atoms with Crippen molar-refractivity contribution in [2.24, 2.45) is 7.05 Å². The third kappa shape index (κ3) is 4.65. The van der Waals surface area contributed by atoms with Crippen LogP contribution < -0.4 is 0 Å². The number of hydrogen-bond acceptors (Lipinski definition) is 4. The Labute approximate surface area is 192 Å². The zero-order valence-corrected chi connectivity index (χ0v) is 19.7. The second kappa shape index (κ2) is 8.32. The van der Waals surface area contributed by atoms with Gasteiger partial charge < -0.3 is 14.2 Å². The number of carbonyl (C=O) groups excluding carboxylic acids is 1. The number of nitrogens with zero attached hydrogens (tertiary/aromatic N) is 4. The summed E-state index contributed by atoms with van der Waals surface area (Å²) in [6.45, 7) is 7.08. The molecule has 31 heavy (non-hydrogen) atoms. The fraction of sp³-hybridized carbons (Fsp3) is 0.435. The molecule has 1 fully saturated rings. The van der Waals surface area contributed by atoms with Gasteiger partial charge in [0.05, 0.1) is 16.9 Å². The molecule has 1 aliphatic heterocycles. The minimum Gasteiger partial charge on any atom is -0.444 e. The molecule has 0 unspecified atom stereocenters. The predicted molar refractivity (Wildman–Crippen MR) is 124 cm³/mol. The summed E-state index contributed by atoms with van der Waals surface area (Å²) in [6.07, 6.45) is 5.14. The Bertz CT molecular complexity index is 1130. The topological polar surface area (TPSA) is 60.2 Å². The molecule has 1 amide bonds. The number of likely N-dealkylation sites (tertiary alicyclic amines) is 1. The van der Waals surface area contributed by atoms with Gasteiger partial charge in [-0.2, -0.15) is 0 Å². The number of halogens is 2. The fourth-order valence-electron chi connectivity index (χ4n) is 4.10. The van der Waals surface area contributed by atoms with E-state index in [0.717, 1.165) is 29.3 Å². The van der Waals surface area contributed by atoms with E-state index in [0.29, 0.717) is 29.7 Å².